The number of hydrogen-bond acceptors (Lipinski definition) is 2. The normalized spacial score (nSPS) is 9.50. The molecule has 0 aliphatic carbocycles. The van der Waals surface area contributed by atoms with Gasteiger partial charge in [-0.3, -0.25) is 5.43 Å². The van der Waals surface area contributed by atoms with Crippen LogP contribution in [0.25, 0.3) is 0 Å². The van der Waals surface area contributed by atoms with Crippen LogP contribution in [0.2, 0.25) is 0 Å². The molecule has 0 radical (unpaired) electrons. The molecule has 10 heavy (non-hydrogen) atoms. The molecule has 0 aliphatic heterocycles. The van der Waals surface area contributed by atoms with Gasteiger partial charge in [-0.25, -0.2) is 0 Å². The number of hydrogen-bond donors (Lipinski definition) is 1. The van der Waals surface area contributed by atoms with Gasteiger partial charge in [0.15, 0.2) is 0 Å². The Morgan fingerprint density at radius 2 is 2.10 bits per heavy atom. The number of nitrogens with one attached hydrogen (secondary N) is 1. The number of allylic oxidation sites excluding steroid dienone is 3. The summed E-state index contributed by atoms with van der Waals surface area (Å²) in [6.07, 6.45) is 3.92. The molecule has 2 heteroatoms. The van der Waals surface area contributed by atoms with Crippen LogP contribution in [-0.2, 0) is 0 Å². The van der Waals surface area contributed by atoms with Crippen LogP contribution < -0.4 is 5.43 Å². The zero-order valence-corrected chi connectivity index (χ0v) is 6.81. The topological polar surface area (TPSA) is 24.4 Å². The van der Waals surface area contributed by atoms with Gasteiger partial charge >= 0.3 is 0 Å². The lowest BCUT2D eigenvalue weighted by Crippen LogP contribution is -2.03. The van der Waals surface area contributed by atoms with E-state index in [4.69, 9.17) is 0 Å². The van der Waals surface area contributed by atoms with E-state index in [1.54, 1.807) is 0 Å². The van der Waals surface area contributed by atoms with Gasteiger partial charge in [0, 0.05) is 6.72 Å². The van der Waals surface area contributed by atoms with Crippen molar-refractivity contribution in [3.63, 3.8) is 0 Å². The van der Waals surface area contributed by atoms with E-state index in [-0.39, 0.29) is 0 Å². The first kappa shape index (κ1) is 8.95. The Kier molecular flexibility index (Phi) is 4.29. The third-order valence-corrected chi connectivity index (χ3v) is 1.07. The molecule has 0 spiro atoms. The highest BCUT2D eigenvalue weighted by Crippen LogP contribution is 2.00. The van der Waals surface area contributed by atoms with E-state index in [9.17, 15) is 0 Å². The molecule has 0 rings (SSSR count). The van der Waals surface area contributed by atoms with Crippen molar-refractivity contribution in [3.8, 4) is 0 Å². The highest BCUT2D eigenvalue weighted by Gasteiger charge is 1.88. The minimum absolute atomic E-state index is 1.01. The van der Waals surface area contributed by atoms with Crippen molar-refractivity contribution >= 4 is 6.72 Å². The highest BCUT2D eigenvalue weighted by atomic mass is 15.3. The van der Waals surface area contributed by atoms with E-state index in [2.05, 4.69) is 17.2 Å². The summed E-state index contributed by atoms with van der Waals surface area (Å²) in [4.78, 5) is 0. The van der Waals surface area contributed by atoms with Crippen LogP contribution in [0, 0.1) is 0 Å². The molecule has 0 heterocycles. The summed E-state index contributed by atoms with van der Waals surface area (Å²) in [5, 5.41) is 3.57. The van der Waals surface area contributed by atoms with Crippen molar-refractivity contribution in [2.75, 3.05) is 0 Å². The van der Waals surface area contributed by atoms with E-state index < -0.39 is 0 Å². The molecule has 0 aromatic carbocycles. The number of hydrazone groups is 1. The molecule has 0 saturated carbocycles. The Balaban J connectivity index is 4.26. The van der Waals surface area contributed by atoms with Gasteiger partial charge in [-0.05, 0) is 26.8 Å². The van der Waals surface area contributed by atoms with E-state index in [1.165, 1.54) is 5.57 Å². The van der Waals surface area contributed by atoms with Crippen molar-refractivity contribution < 1.29 is 0 Å². The van der Waals surface area contributed by atoms with E-state index in [0.717, 1.165) is 5.70 Å². The molecule has 0 aliphatic rings. The maximum Gasteiger partial charge on any atom is 0.0544 e. The summed E-state index contributed by atoms with van der Waals surface area (Å²) in [6, 6.07) is 0. The number of rotatable bonds is 3. The number of nitrogens with zero attached hydrogens (tertiary/aromatic N) is 1. The molecule has 56 valence electrons. The lowest BCUT2D eigenvalue weighted by atomic mass is 10.2. The second kappa shape index (κ2) is 4.79. The Labute approximate surface area is 62.3 Å². The predicted molar refractivity (Wildman–Crippen MR) is 45.9 cm³/mol. The van der Waals surface area contributed by atoms with Gasteiger partial charge in [-0.2, -0.15) is 5.10 Å². The second-order valence-corrected chi connectivity index (χ2v) is 2.18. The van der Waals surface area contributed by atoms with Gasteiger partial charge in [0.2, 0.25) is 0 Å². The average molecular weight is 138 g/mol. The van der Waals surface area contributed by atoms with Crippen molar-refractivity contribution in [3.05, 3.63) is 23.4 Å². The predicted octanol–water partition coefficient (Wildman–Crippen LogP) is 2.06. The smallest absolute Gasteiger partial charge is 0.0544 e. The van der Waals surface area contributed by atoms with Crippen molar-refractivity contribution in [1.82, 2.24) is 5.43 Å². The minimum atomic E-state index is 1.01. The van der Waals surface area contributed by atoms with Crippen LogP contribution in [0.4, 0.5) is 0 Å². The van der Waals surface area contributed by atoms with E-state index >= 15 is 0 Å². The Morgan fingerprint density at radius 3 is 2.40 bits per heavy atom. The van der Waals surface area contributed by atoms with Gasteiger partial charge in [0.25, 0.3) is 0 Å². The van der Waals surface area contributed by atoms with Gasteiger partial charge < -0.3 is 0 Å². The van der Waals surface area contributed by atoms with Crippen LogP contribution in [0.5, 0.6) is 0 Å². The molecular formula is C8H14N2. The summed E-state index contributed by atoms with van der Waals surface area (Å²) in [7, 11) is 0. The Hall–Kier alpha value is -1.05. The standard InChI is InChI=1S/C8H14N2/c1-5-6-8(7(2)3)10-9-4/h5-6,10H,4H2,1-3H3/b6-5-. The average Bonchev–Trinajstić information content (AvgIpc) is 1.87. The van der Waals surface area contributed by atoms with Crippen LogP contribution >= 0.6 is 0 Å². The summed E-state index contributed by atoms with van der Waals surface area (Å²) in [6.45, 7) is 9.34. The van der Waals surface area contributed by atoms with Crippen molar-refractivity contribution in [1.29, 1.82) is 0 Å². The first-order valence-corrected chi connectivity index (χ1v) is 3.24. The first-order valence-electron chi connectivity index (χ1n) is 3.24. The first-order chi connectivity index (χ1) is 4.72. The van der Waals surface area contributed by atoms with Gasteiger partial charge in [0.05, 0.1) is 5.70 Å². The molecule has 0 aromatic heterocycles. The van der Waals surface area contributed by atoms with Crippen LogP contribution in [0.3, 0.4) is 0 Å². The maximum absolute atomic E-state index is 3.57. The highest BCUT2D eigenvalue weighted by molar-refractivity contribution is 5.26. The van der Waals surface area contributed by atoms with Crippen LogP contribution in [0.15, 0.2) is 28.5 Å². The molecule has 0 bridgehead atoms. The Bertz CT molecular complexity index is 162. The van der Waals surface area contributed by atoms with Gasteiger partial charge in [0.1, 0.15) is 0 Å². The zero-order valence-electron chi connectivity index (χ0n) is 6.81. The van der Waals surface area contributed by atoms with Crippen LogP contribution in [-0.4, -0.2) is 6.72 Å². The fourth-order valence-electron chi connectivity index (χ4n) is 0.568. The van der Waals surface area contributed by atoms with Crippen LogP contribution in [0.1, 0.15) is 20.8 Å². The molecule has 0 amide bonds. The molecule has 0 fully saturated rings. The lowest BCUT2D eigenvalue weighted by Gasteiger charge is -2.01. The third-order valence-electron chi connectivity index (χ3n) is 1.07. The summed E-state index contributed by atoms with van der Waals surface area (Å²) < 4.78 is 0. The summed E-state index contributed by atoms with van der Waals surface area (Å²) >= 11 is 0. The molecular weight excluding hydrogens is 124 g/mol. The maximum atomic E-state index is 3.57. The summed E-state index contributed by atoms with van der Waals surface area (Å²) in [5.41, 5.74) is 5.00. The largest absolute Gasteiger partial charge is 0.279 e. The zero-order chi connectivity index (χ0) is 7.98. The molecule has 0 aromatic rings. The quantitative estimate of drug-likeness (QED) is 0.360. The van der Waals surface area contributed by atoms with E-state index in [1.807, 2.05) is 32.9 Å². The molecule has 1 N–H and O–H groups in total. The van der Waals surface area contributed by atoms with Crippen molar-refractivity contribution in [2.24, 2.45) is 5.10 Å². The molecule has 0 saturated heterocycles. The molecule has 0 atom stereocenters. The SMILES string of the molecule is C=NNC(/C=C\C)=C(C)C. The van der Waals surface area contributed by atoms with Gasteiger partial charge in [-0.15, -0.1) is 0 Å². The minimum Gasteiger partial charge on any atom is -0.279 e. The molecule has 2 nitrogen and oxygen atoms in total. The molecule has 0 unspecified atom stereocenters. The fraction of sp³-hybridized carbons (Fsp3) is 0.375. The Morgan fingerprint density at radius 1 is 1.50 bits per heavy atom. The fourth-order valence-corrected chi connectivity index (χ4v) is 0.568. The van der Waals surface area contributed by atoms with Crippen molar-refractivity contribution in [2.45, 2.75) is 20.8 Å². The second-order valence-electron chi connectivity index (χ2n) is 2.18. The lowest BCUT2D eigenvalue weighted by molar-refractivity contribution is 0.907. The van der Waals surface area contributed by atoms with E-state index in [0.29, 0.717) is 0 Å². The monoisotopic (exact) mass is 138 g/mol. The summed E-state index contributed by atoms with van der Waals surface area (Å²) in [5.74, 6) is 0. The van der Waals surface area contributed by atoms with Gasteiger partial charge in [-0.1, -0.05) is 11.6 Å². The third kappa shape index (κ3) is 3.07.